The fourth-order valence-electron chi connectivity index (χ4n) is 3.80. The zero-order chi connectivity index (χ0) is 22.8. The molecule has 0 N–H and O–H groups in total. The molecule has 1 aromatic rings. The van der Waals surface area contributed by atoms with Crippen molar-refractivity contribution >= 4 is 27.9 Å². The molecule has 2 amide bonds. The SMILES string of the molecule is CC(C)(C)OC(=O)N1CCC(Oc2ccc(N3CC(CS(=O)(=O)F)CC3=O)cc2)CC1. The number of likely N-dealkylation sites (tertiary alicyclic amines) is 1. The minimum atomic E-state index is -4.61. The molecular weight excluding hydrogens is 427 g/mol. The van der Waals surface area contributed by atoms with Gasteiger partial charge in [-0.05, 0) is 45.0 Å². The topological polar surface area (TPSA) is 93.2 Å². The first-order chi connectivity index (χ1) is 14.4. The number of benzene rings is 1. The maximum Gasteiger partial charge on any atom is 0.410 e. The molecule has 0 aromatic heterocycles. The molecule has 172 valence electrons. The van der Waals surface area contributed by atoms with Gasteiger partial charge in [0.25, 0.3) is 0 Å². The lowest BCUT2D eigenvalue weighted by molar-refractivity contribution is -0.117. The highest BCUT2D eigenvalue weighted by Crippen LogP contribution is 2.29. The molecule has 2 fully saturated rings. The van der Waals surface area contributed by atoms with Crippen LogP contribution in [0.1, 0.15) is 40.0 Å². The van der Waals surface area contributed by atoms with E-state index in [1.165, 1.54) is 4.90 Å². The van der Waals surface area contributed by atoms with Gasteiger partial charge in [-0.3, -0.25) is 4.79 Å². The summed E-state index contributed by atoms with van der Waals surface area (Å²) in [4.78, 5) is 27.5. The lowest BCUT2D eigenvalue weighted by Gasteiger charge is -2.33. The maximum absolute atomic E-state index is 12.9. The van der Waals surface area contributed by atoms with E-state index in [0.717, 1.165) is 0 Å². The van der Waals surface area contributed by atoms with Gasteiger partial charge in [0.1, 0.15) is 17.5 Å². The number of rotatable bonds is 5. The summed E-state index contributed by atoms with van der Waals surface area (Å²) in [6, 6.07) is 6.97. The van der Waals surface area contributed by atoms with Crippen LogP contribution in [0.15, 0.2) is 24.3 Å². The van der Waals surface area contributed by atoms with Gasteiger partial charge in [-0.2, -0.15) is 8.42 Å². The van der Waals surface area contributed by atoms with Gasteiger partial charge < -0.3 is 19.3 Å². The Morgan fingerprint density at radius 2 is 1.77 bits per heavy atom. The van der Waals surface area contributed by atoms with Crippen LogP contribution in [0, 0.1) is 5.92 Å². The van der Waals surface area contributed by atoms with Gasteiger partial charge in [0.05, 0.1) is 5.75 Å². The van der Waals surface area contributed by atoms with Crippen molar-refractivity contribution in [3.63, 3.8) is 0 Å². The monoisotopic (exact) mass is 456 g/mol. The molecule has 0 spiro atoms. The Labute approximate surface area is 182 Å². The number of ether oxygens (including phenoxy) is 2. The summed E-state index contributed by atoms with van der Waals surface area (Å²) >= 11 is 0. The summed E-state index contributed by atoms with van der Waals surface area (Å²) in [6.07, 6.45) is 1.04. The third-order valence-electron chi connectivity index (χ3n) is 5.18. The summed E-state index contributed by atoms with van der Waals surface area (Å²) in [5, 5.41) is 0. The first kappa shape index (κ1) is 23.3. The molecule has 1 atom stereocenters. The van der Waals surface area contributed by atoms with Crippen LogP contribution in [0.2, 0.25) is 0 Å². The number of anilines is 1. The van der Waals surface area contributed by atoms with Crippen molar-refractivity contribution in [3.05, 3.63) is 24.3 Å². The highest BCUT2D eigenvalue weighted by molar-refractivity contribution is 7.86. The van der Waals surface area contributed by atoms with Gasteiger partial charge in [0.2, 0.25) is 5.91 Å². The first-order valence-electron chi connectivity index (χ1n) is 10.4. The van der Waals surface area contributed by atoms with Crippen molar-refractivity contribution in [1.82, 2.24) is 4.90 Å². The van der Waals surface area contributed by atoms with Gasteiger partial charge in [0.15, 0.2) is 0 Å². The average molecular weight is 457 g/mol. The smallest absolute Gasteiger partial charge is 0.410 e. The number of halogens is 1. The predicted octanol–water partition coefficient (Wildman–Crippen LogP) is 3.12. The lowest BCUT2D eigenvalue weighted by Crippen LogP contribution is -2.44. The Kier molecular flexibility index (Phi) is 6.78. The number of amides is 2. The normalized spacial score (nSPS) is 20.8. The van der Waals surface area contributed by atoms with E-state index in [0.29, 0.717) is 37.4 Å². The van der Waals surface area contributed by atoms with Crippen LogP contribution < -0.4 is 9.64 Å². The molecule has 31 heavy (non-hydrogen) atoms. The van der Waals surface area contributed by atoms with Crippen molar-refractivity contribution in [2.75, 3.05) is 30.3 Å². The van der Waals surface area contributed by atoms with E-state index in [4.69, 9.17) is 9.47 Å². The van der Waals surface area contributed by atoms with Gasteiger partial charge in [0, 0.05) is 50.5 Å². The molecule has 3 rings (SSSR count). The fraction of sp³-hybridized carbons (Fsp3) is 0.619. The predicted molar refractivity (Wildman–Crippen MR) is 113 cm³/mol. The molecule has 10 heteroatoms. The quantitative estimate of drug-likeness (QED) is 0.632. The highest BCUT2D eigenvalue weighted by Gasteiger charge is 2.34. The summed E-state index contributed by atoms with van der Waals surface area (Å²) in [6.45, 7) is 6.79. The molecule has 2 aliphatic rings. The van der Waals surface area contributed by atoms with Crippen LogP contribution in [0.4, 0.5) is 14.4 Å². The highest BCUT2D eigenvalue weighted by atomic mass is 32.3. The van der Waals surface area contributed by atoms with E-state index in [9.17, 15) is 21.9 Å². The van der Waals surface area contributed by atoms with Crippen LogP contribution in [-0.2, 0) is 19.8 Å². The molecule has 2 saturated heterocycles. The van der Waals surface area contributed by atoms with E-state index >= 15 is 0 Å². The number of carbonyl (C=O) groups is 2. The Morgan fingerprint density at radius 1 is 1.16 bits per heavy atom. The molecule has 0 bridgehead atoms. The van der Waals surface area contributed by atoms with Crippen molar-refractivity contribution < 1.29 is 31.4 Å². The standard InChI is InChI=1S/C21H29FN2O6S/c1-21(2,3)30-20(26)23-10-8-18(9-11-23)29-17-6-4-16(5-7-17)24-13-15(12-19(24)25)14-31(22,27)28/h4-7,15,18H,8-14H2,1-3H3. The Balaban J connectivity index is 1.50. The summed E-state index contributed by atoms with van der Waals surface area (Å²) in [5.41, 5.74) is 0.0964. The van der Waals surface area contributed by atoms with E-state index in [-0.39, 0.29) is 31.1 Å². The summed E-state index contributed by atoms with van der Waals surface area (Å²) < 4.78 is 46.0. The number of carbonyl (C=O) groups excluding carboxylic acids is 2. The molecule has 2 aliphatic heterocycles. The number of piperidine rings is 1. The summed E-state index contributed by atoms with van der Waals surface area (Å²) in [7, 11) is -4.61. The van der Waals surface area contributed by atoms with E-state index in [1.807, 2.05) is 20.8 Å². The Morgan fingerprint density at radius 3 is 2.32 bits per heavy atom. The van der Waals surface area contributed by atoms with Crippen molar-refractivity contribution in [2.45, 2.75) is 51.7 Å². The van der Waals surface area contributed by atoms with Gasteiger partial charge in [-0.15, -0.1) is 3.89 Å². The molecule has 1 aromatic carbocycles. The fourth-order valence-corrected chi connectivity index (χ4v) is 4.59. The third-order valence-corrected chi connectivity index (χ3v) is 6.05. The second-order valence-electron chi connectivity index (χ2n) is 9.06. The first-order valence-corrected chi connectivity index (χ1v) is 11.9. The minimum Gasteiger partial charge on any atom is -0.490 e. The molecule has 1 unspecified atom stereocenters. The molecule has 0 saturated carbocycles. The second-order valence-corrected chi connectivity index (χ2v) is 10.5. The van der Waals surface area contributed by atoms with Gasteiger partial charge >= 0.3 is 16.3 Å². The van der Waals surface area contributed by atoms with Crippen molar-refractivity contribution in [2.24, 2.45) is 5.92 Å². The maximum atomic E-state index is 12.9. The van der Waals surface area contributed by atoms with Gasteiger partial charge in [-0.1, -0.05) is 0 Å². The largest absolute Gasteiger partial charge is 0.490 e. The average Bonchev–Trinajstić information content (AvgIpc) is 3.00. The molecule has 2 heterocycles. The van der Waals surface area contributed by atoms with E-state index in [1.54, 1.807) is 29.2 Å². The van der Waals surface area contributed by atoms with Crippen LogP contribution in [0.3, 0.4) is 0 Å². The molecule has 0 aliphatic carbocycles. The van der Waals surface area contributed by atoms with Crippen LogP contribution >= 0.6 is 0 Å². The van der Waals surface area contributed by atoms with E-state index in [2.05, 4.69) is 0 Å². The van der Waals surface area contributed by atoms with Crippen LogP contribution in [0.25, 0.3) is 0 Å². The van der Waals surface area contributed by atoms with Gasteiger partial charge in [-0.25, -0.2) is 4.79 Å². The van der Waals surface area contributed by atoms with Crippen LogP contribution in [0.5, 0.6) is 5.75 Å². The number of hydrogen-bond donors (Lipinski definition) is 0. The Hall–Kier alpha value is -2.36. The van der Waals surface area contributed by atoms with Crippen molar-refractivity contribution in [1.29, 1.82) is 0 Å². The molecular formula is C21H29FN2O6S. The Bertz CT molecular complexity index is 905. The third kappa shape index (κ3) is 6.81. The molecule has 8 nitrogen and oxygen atoms in total. The zero-order valence-corrected chi connectivity index (χ0v) is 18.9. The summed E-state index contributed by atoms with van der Waals surface area (Å²) in [5.74, 6) is -0.766. The number of nitrogens with zero attached hydrogens (tertiary/aromatic N) is 2. The van der Waals surface area contributed by atoms with Crippen molar-refractivity contribution in [3.8, 4) is 5.75 Å². The second kappa shape index (κ2) is 9.02. The number of hydrogen-bond acceptors (Lipinski definition) is 6. The van der Waals surface area contributed by atoms with Crippen LogP contribution in [-0.4, -0.2) is 62.4 Å². The zero-order valence-electron chi connectivity index (χ0n) is 18.0. The lowest BCUT2D eigenvalue weighted by atomic mass is 10.1. The molecule has 0 radical (unpaired) electrons. The minimum absolute atomic E-state index is 0.0115. The van der Waals surface area contributed by atoms with E-state index < -0.39 is 27.5 Å².